The summed E-state index contributed by atoms with van der Waals surface area (Å²) in [4.78, 5) is 11.5. The highest BCUT2D eigenvalue weighted by Gasteiger charge is 2.27. The van der Waals surface area contributed by atoms with Gasteiger partial charge in [0, 0.05) is 12.3 Å². The van der Waals surface area contributed by atoms with Crippen molar-refractivity contribution in [2.45, 2.75) is 5.51 Å². The van der Waals surface area contributed by atoms with E-state index in [1.54, 1.807) is 0 Å². The van der Waals surface area contributed by atoms with Gasteiger partial charge in [0.15, 0.2) is 0 Å². The van der Waals surface area contributed by atoms with Gasteiger partial charge in [-0.05, 0) is 30.0 Å². The van der Waals surface area contributed by atoms with Gasteiger partial charge >= 0.3 is 5.51 Å². The summed E-state index contributed by atoms with van der Waals surface area (Å²) < 4.78 is 48.1. The number of hydrogen-bond donors (Lipinski definition) is 1. The third-order valence-electron chi connectivity index (χ3n) is 1.83. The molecule has 1 aromatic carbocycles. The molecule has 0 saturated heterocycles. The maximum atomic E-state index is 12.7. The Hall–Kier alpha value is -0.950. The van der Waals surface area contributed by atoms with E-state index in [1.807, 2.05) is 0 Å². The molecule has 0 aliphatic heterocycles. The van der Waals surface area contributed by atoms with E-state index in [9.17, 15) is 22.4 Å². The Labute approximate surface area is 110 Å². The molecule has 0 aromatic heterocycles. The van der Waals surface area contributed by atoms with Gasteiger partial charge in [0.25, 0.3) is 5.91 Å². The van der Waals surface area contributed by atoms with Gasteiger partial charge in [0.2, 0.25) is 0 Å². The predicted molar refractivity (Wildman–Crippen MR) is 62.3 cm³/mol. The average Bonchev–Trinajstić information content (AvgIpc) is 2.22. The third-order valence-corrected chi connectivity index (χ3v) is 2.88. The molecule has 1 N–H and O–H groups in total. The Morgan fingerprint density at radius 2 is 2.06 bits per heavy atom. The second-order valence-electron chi connectivity index (χ2n) is 3.17. The minimum Gasteiger partial charge on any atom is -0.351 e. The molecule has 0 unspecified atom stereocenters. The predicted octanol–water partition coefficient (Wildman–Crippen LogP) is 3.46. The van der Waals surface area contributed by atoms with Crippen molar-refractivity contribution in [1.82, 2.24) is 5.32 Å². The van der Waals surface area contributed by atoms with E-state index < -0.39 is 17.2 Å². The summed E-state index contributed by atoms with van der Waals surface area (Å²) >= 11 is 5.39. The molecular weight excluding hydrogens is 294 g/mol. The van der Waals surface area contributed by atoms with E-state index >= 15 is 0 Å². The number of halogens is 5. The van der Waals surface area contributed by atoms with Gasteiger partial charge in [-0.1, -0.05) is 11.6 Å². The molecule has 1 amide bonds. The minimum absolute atomic E-state index is 0.0232. The highest BCUT2D eigenvalue weighted by Crippen LogP contribution is 2.29. The minimum atomic E-state index is -4.32. The molecule has 18 heavy (non-hydrogen) atoms. The van der Waals surface area contributed by atoms with Crippen molar-refractivity contribution in [2.75, 3.05) is 12.3 Å². The summed E-state index contributed by atoms with van der Waals surface area (Å²) in [6.45, 7) is -0.156. The zero-order valence-electron chi connectivity index (χ0n) is 8.85. The Kier molecular flexibility index (Phi) is 5.28. The standard InChI is InChI=1S/C10H8ClF4NOS/c11-8-5-6(12)1-2-7(8)9(17)16-3-4-18-10(13,14)15/h1-2,5H,3-4H2,(H,16,17). The monoisotopic (exact) mass is 301 g/mol. The van der Waals surface area contributed by atoms with E-state index in [1.165, 1.54) is 6.07 Å². The Balaban J connectivity index is 2.46. The number of alkyl halides is 3. The number of amides is 1. The lowest BCUT2D eigenvalue weighted by molar-refractivity contribution is -0.0327. The van der Waals surface area contributed by atoms with Crippen molar-refractivity contribution in [1.29, 1.82) is 0 Å². The molecule has 0 saturated carbocycles. The van der Waals surface area contributed by atoms with Crippen LogP contribution < -0.4 is 5.32 Å². The molecular formula is C10H8ClF4NOS. The summed E-state index contributed by atoms with van der Waals surface area (Å²) in [6, 6.07) is 3.18. The first-order valence-corrected chi connectivity index (χ1v) is 6.10. The summed E-state index contributed by atoms with van der Waals surface area (Å²) in [5, 5.41) is 2.18. The lowest BCUT2D eigenvalue weighted by Crippen LogP contribution is -2.26. The number of thioether (sulfide) groups is 1. The fourth-order valence-corrected chi connectivity index (χ4v) is 1.79. The molecule has 0 radical (unpaired) electrons. The normalized spacial score (nSPS) is 11.4. The molecule has 2 nitrogen and oxygen atoms in total. The SMILES string of the molecule is O=C(NCCSC(F)(F)F)c1ccc(F)cc1Cl. The summed E-state index contributed by atoms with van der Waals surface area (Å²) in [7, 11) is 0. The first-order valence-electron chi connectivity index (χ1n) is 4.73. The lowest BCUT2D eigenvalue weighted by atomic mass is 10.2. The highest BCUT2D eigenvalue weighted by atomic mass is 35.5. The number of carbonyl (C=O) groups excluding carboxylic acids is 1. The fourth-order valence-electron chi connectivity index (χ4n) is 1.10. The largest absolute Gasteiger partial charge is 0.441 e. The highest BCUT2D eigenvalue weighted by molar-refractivity contribution is 8.00. The smallest absolute Gasteiger partial charge is 0.351 e. The zero-order chi connectivity index (χ0) is 13.8. The van der Waals surface area contributed by atoms with Crippen LogP contribution in [-0.4, -0.2) is 23.7 Å². The van der Waals surface area contributed by atoms with Crippen LogP contribution in [-0.2, 0) is 0 Å². The second kappa shape index (κ2) is 6.29. The lowest BCUT2D eigenvalue weighted by Gasteiger charge is -2.08. The molecule has 0 atom stereocenters. The van der Waals surface area contributed by atoms with Crippen LogP contribution in [0.3, 0.4) is 0 Å². The van der Waals surface area contributed by atoms with Gasteiger partial charge in [-0.3, -0.25) is 4.79 Å². The number of benzene rings is 1. The molecule has 1 aromatic rings. The van der Waals surface area contributed by atoms with Crippen LogP contribution in [0.1, 0.15) is 10.4 Å². The van der Waals surface area contributed by atoms with Crippen LogP contribution in [0, 0.1) is 5.82 Å². The molecule has 0 heterocycles. The Morgan fingerprint density at radius 1 is 1.39 bits per heavy atom. The molecule has 0 fully saturated rings. The van der Waals surface area contributed by atoms with E-state index in [0.717, 1.165) is 12.1 Å². The van der Waals surface area contributed by atoms with Crippen molar-refractivity contribution in [3.05, 3.63) is 34.6 Å². The molecule has 0 aliphatic carbocycles. The quantitative estimate of drug-likeness (QED) is 0.681. The van der Waals surface area contributed by atoms with Gasteiger partial charge in [-0.15, -0.1) is 0 Å². The van der Waals surface area contributed by atoms with Crippen LogP contribution in [0.5, 0.6) is 0 Å². The first-order chi connectivity index (χ1) is 8.29. The van der Waals surface area contributed by atoms with Gasteiger partial charge in [0.05, 0.1) is 10.6 Å². The van der Waals surface area contributed by atoms with E-state index in [0.29, 0.717) is 0 Å². The molecule has 0 aliphatic rings. The maximum absolute atomic E-state index is 12.7. The van der Waals surface area contributed by atoms with Crippen LogP contribution >= 0.6 is 23.4 Å². The summed E-state index contributed by atoms with van der Waals surface area (Å²) in [5.41, 5.74) is -4.30. The van der Waals surface area contributed by atoms with E-state index in [-0.39, 0.29) is 34.6 Å². The summed E-state index contributed by atoms with van der Waals surface area (Å²) in [6.07, 6.45) is 0. The second-order valence-corrected chi connectivity index (χ2v) is 4.74. The molecule has 8 heteroatoms. The number of nitrogens with one attached hydrogen (secondary N) is 1. The molecule has 100 valence electrons. The zero-order valence-corrected chi connectivity index (χ0v) is 10.4. The third kappa shape index (κ3) is 5.14. The van der Waals surface area contributed by atoms with E-state index in [4.69, 9.17) is 11.6 Å². The van der Waals surface area contributed by atoms with Gasteiger partial charge in [-0.25, -0.2) is 4.39 Å². The molecule has 1 rings (SSSR count). The van der Waals surface area contributed by atoms with E-state index in [2.05, 4.69) is 5.32 Å². The van der Waals surface area contributed by atoms with Gasteiger partial charge in [-0.2, -0.15) is 13.2 Å². The van der Waals surface area contributed by atoms with Gasteiger partial charge < -0.3 is 5.32 Å². The maximum Gasteiger partial charge on any atom is 0.441 e. The van der Waals surface area contributed by atoms with Crippen molar-refractivity contribution in [3.8, 4) is 0 Å². The first kappa shape index (κ1) is 15.1. The molecule has 0 spiro atoms. The van der Waals surface area contributed by atoms with Crippen molar-refractivity contribution in [3.63, 3.8) is 0 Å². The average molecular weight is 302 g/mol. The van der Waals surface area contributed by atoms with Crippen LogP contribution in [0.4, 0.5) is 17.6 Å². The number of carbonyl (C=O) groups is 1. The van der Waals surface area contributed by atoms with Crippen molar-refractivity contribution >= 4 is 29.3 Å². The van der Waals surface area contributed by atoms with Crippen molar-refractivity contribution in [2.24, 2.45) is 0 Å². The summed E-state index contributed by atoms with van der Waals surface area (Å²) in [5.74, 6) is -1.53. The topological polar surface area (TPSA) is 29.1 Å². The van der Waals surface area contributed by atoms with Gasteiger partial charge in [0.1, 0.15) is 5.82 Å². The fraction of sp³-hybridized carbons (Fsp3) is 0.300. The number of rotatable bonds is 4. The van der Waals surface area contributed by atoms with Crippen LogP contribution in [0.2, 0.25) is 5.02 Å². The van der Waals surface area contributed by atoms with Crippen LogP contribution in [0.25, 0.3) is 0 Å². The van der Waals surface area contributed by atoms with Crippen molar-refractivity contribution < 1.29 is 22.4 Å². The molecule has 0 bridgehead atoms. The Bertz CT molecular complexity index is 438. The van der Waals surface area contributed by atoms with Crippen LogP contribution in [0.15, 0.2) is 18.2 Å². The number of hydrogen-bond acceptors (Lipinski definition) is 2. The Morgan fingerprint density at radius 3 is 2.61 bits per heavy atom.